The second kappa shape index (κ2) is 7.87. The number of hydrogen-bond acceptors (Lipinski definition) is 3. The number of carboxylic acids is 1. The summed E-state index contributed by atoms with van der Waals surface area (Å²) in [5, 5.41) is 14.1. The van der Waals surface area contributed by atoms with Gasteiger partial charge in [-0.1, -0.05) is 18.2 Å². The molecule has 3 rings (SSSR count). The third-order valence-electron chi connectivity index (χ3n) is 4.01. The van der Waals surface area contributed by atoms with E-state index in [-0.39, 0.29) is 11.3 Å². The molecule has 0 unspecified atom stereocenters. The maximum atomic E-state index is 14.0. The Morgan fingerprint density at radius 1 is 1.11 bits per heavy atom. The first-order valence-corrected chi connectivity index (χ1v) is 8.20. The van der Waals surface area contributed by atoms with E-state index in [1.807, 2.05) is 0 Å². The first-order valence-electron chi connectivity index (χ1n) is 8.20. The number of amides is 1. The van der Waals surface area contributed by atoms with Crippen molar-refractivity contribution >= 4 is 11.9 Å². The van der Waals surface area contributed by atoms with Crippen LogP contribution in [0.2, 0.25) is 0 Å². The minimum atomic E-state index is -1.23. The van der Waals surface area contributed by atoms with E-state index in [4.69, 9.17) is 5.11 Å². The highest BCUT2D eigenvalue weighted by Gasteiger charge is 2.23. The highest BCUT2D eigenvalue weighted by Crippen LogP contribution is 2.20. The molecule has 0 aliphatic carbocycles. The number of nitrogens with zero attached hydrogens (tertiary/aromatic N) is 1. The van der Waals surface area contributed by atoms with Gasteiger partial charge in [-0.15, -0.1) is 0 Å². The van der Waals surface area contributed by atoms with E-state index >= 15 is 0 Å². The van der Waals surface area contributed by atoms with Gasteiger partial charge < -0.3 is 10.4 Å². The van der Waals surface area contributed by atoms with Crippen LogP contribution in [0.5, 0.6) is 0 Å². The first-order chi connectivity index (χ1) is 13.3. The number of H-pyrrole nitrogens is 1. The molecule has 0 aliphatic heterocycles. The molecular formula is C19H15F2N3O4. The van der Waals surface area contributed by atoms with Gasteiger partial charge in [0.25, 0.3) is 11.5 Å². The van der Waals surface area contributed by atoms with E-state index in [0.29, 0.717) is 5.69 Å². The lowest BCUT2D eigenvalue weighted by Crippen LogP contribution is -2.31. The number of hydrogen-bond donors (Lipinski definition) is 3. The SMILES string of the molecule is O=C(O)C[C@H](NC(=O)c1cc(=O)n(-c2ccc(F)cc2)[nH]1)c1ccccc1F. The first kappa shape index (κ1) is 19.0. The quantitative estimate of drug-likeness (QED) is 0.604. The van der Waals surface area contributed by atoms with Gasteiger partial charge in [0.1, 0.15) is 17.3 Å². The average Bonchev–Trinajstić information content (AvgIpc) is 3.04. The molecule has 28 heavy (non-hydrogen) atoms. The Hall–Kier alpha value is -3.75. The van der Waals surface area contributed by atoms with Crippen molar-refractivity contribution in [2.45, 2.75) is 12.5 Å². The number of nitrogens with one attached hydrogen (secondary N) is 2. The fraction of sp³-hybridized carbons (Fsp3) is 0.105. The molecule has 0 bridgehead atoms. The molecule has 0 saturated carbocycles. The Kier molecular flexibility index (Phi) is 5.35. The van der Waals surface area contributed by atoms with Gasteiger partial charge in [-0.2, -0.15) is 0 Å². The molecular weight excluding hydrogens is 372 g/mol. The average molecular weight is 387 g/mol. The van der Waals surface area contributed by atoms with Crippen LogP contribution in [0.15, 0.2) is 59.4 Å². The molecule has 0 fully saturated rings. The topological polar surface area (TPSA) is 104 Å². The number of carbonyl (C=O) groups excluding carboxylic acids is 1. The fourth-order valence-corrected chi connectivity index (χ4v) is 2.70. The van der Waals surface area contributed by atoms with E-state index in [0.717, 1.165) is 28.9 Å². The number of carbonyl (C=O) groups is 2. The number of halogens is 2. The van der Waals surface area contributed by atoms with Crippen LogP contribution in [-0.2, 0) is 4.79 Å². The maximum absolute atomic E-state index is 14.0. The number of aromatic nitrogens is 2. The number of rotatable bonds is 6. The summed E-state index contributed by atoms with van der Waals surface area (Å²) in [4.78, 5) is 35.7. The van der Waals surface area contributed by atoms with Crippen LogP contribution in [0.3, 0.4) is 0 Å². The summed E-state index contributed by atoms with van der Waals surface area (Å²) in [6.07, 6.45) is -0.546. The van der Waals surface area contributed by atoms with Crippen LogP contribution in [0.1, 0.15) is 28.5 Å². The van der Waals surface area contributed by atoms with Crippen LogP contribution in [0.4, 0.5) is 8.78 Å². The summed E-state index contributed by atoms with van der Waals surface area (Å²) < 4.78 is 28.1. The molecule has 1 aromatic heterocycles. The second-order valence-corrected chi connectivity index (χ2v) is 5.97. The molecule has 0 aliphatic rings. The van der Waals surface area contributed by atoms with Crippen molar-refractivity contribution in [1.82, 2.24) is 15.1 Å². The van der Waals surface area contributed by atoms with E-state index < -0.39 is 41.5 Å². The van der Waals surface area contributed by atoms with E-state index in [1.165, 1.54) is 30.3 Å². The molecule has 7 nitrogen and oxygen atoms in total. The summed E-state index contributed by atoms with van der Waals surface area (Å²) in [6.45, 7) is 0. The van der Waals surface area contributed by atoms with Crippen LogP contribution in [-0.4, -0.2) is 26.8 Å². The number of benzene rings is 2. The van der Waals surface area contributed by atoms with E-state index in [2.05, 4.69) is 10.4 Å². The van der Waals surface area contributed by atoms with Gasteiger partial charge in [0, 0.05) is 11.6 Å². The van der Waals surface area contributed by atoms with Gasteiger partial charge in [0.2, 0.25) is 0 Å². The zero-order valence-corrected chi connectivity index (χ0v) is 14.4. The molecule has 2 aromatic carbocycles. The molecule has 0 radical (unpaired) electrons. The van der Waals surface area contributed by atoms with Crippen molar-refractivity contribution in [3.63, 3.8) is 0 Å². The summed E-state index contributed by atoms with van der Waals surface area (Å²) in [5.41, 5.74) is -0.404. The monoisotopic (exact) mass is 387 g/mol. The van der Waals surface area contributed by atoms with Gasteiger partial charge in [-0.3, -0.25) is 19.5 Å². The Morgan fingerprint density at radius 3 is 2.43 bits per heavy atom. The minimum absolute atomic E-state index is 0.0126. The largest absolute Gasteiger partial charge is 0.481 e. The van der Waals surface area contributed by atoms with Crippen LogP contribution in [0.25, 0.3) is 5.69 Å². The molecule has 144 valence electrons. The summed E-state index contributed by atoms with van der Waals surface area (Å²) >= 11 is 0. The highest BCUT2D eigenvalue weighted by atomic mass is 19.1. The zero-order chi connectivity index (χ0) is 20.3. The van der Waals surface area contributed by atoms with Crippen molar-refractivity contribution < 1.29 is 23.5 Å². The molecule has 3 N–H and O–H groups in total. The predicted octanol–water partition coefficient (Wildman–Crippen LogP) is 2.39. The molecule has 1 amide bonds. The van der Waals surface area contributed by atoms with Gasteiger partial charge in [0.15, 0.2) is 0 Å². The molecule has 3 aromatic rings. The summed E-state index contributed by atoms with van der Waals surface area (Å²) in [7, 11) is 0. The third-order valence-corrected chi connectivity index (χ3v) is 4.01. The van der Waals surface area contributed by atoms with Crippen LogP contribution in [0, 0.1) is 11.6 Å². The van der Waals surface area contributed by atoms with Gasteiger partial charge in [-0.05, 0) is 30.3 Å². The molecule has 1 atom stereocenters. The Balaban J connectivity index is 1.87. The Bertz CT molecular complexity index is 1070. The predicted molar refractivity (Wildman–Crippen MR) is 95.2 cm³/mol. The smallest absolute Gasteiger partial charge is 0.305 e. The van der Waals surface area contributed by atoms with Crippen molar-refractivity contribution in [1.29, 1.82) is 0 Å². The molecule has 1 heterocycles. The maximum Gasteiger partial charge on any atom is 0.305 e. The van der Waals surface area contributed by atoms with Crippen molar-refractivity contribution in [3.05, 3.63) is 87.8 Å². The standard InChI is InChI=1S/C19H15F2N3O4/c20-11-5-7-12(8-6-11)24-17(25)9-16(23-24)19(28)22-15(10-18(26)27)13-3-1-2-4-14(13)21/h1-9,15,23H,10H2,(H,22,28)(H,26,27)/t15-/m0/s1. The molecule has 9 heteroatoms. The van der Waals surface area contributed by atoms with Crippen molar-refractivity contribution in [2.75, 3.05) is 0 Å². The summed E-state index contributed by atoms with van der Waals surface area (Å²) in [6, 6.07) is 10.4. The lowest BCUT2D eigenvalue weighted by atomic mass is 10.0. The number of carboxylic acid groups (broad SMARTS) is 1. The lowest BCUT2D eigenvalue weighted by Gasteiger charge is -2.17. The normalized spacial score (nSPS) is 11.8. The van der Waals surface area contributed by atoms with E-state index in [1.54, 1.807) is 0 Å². The lowest BCUT2D eigenvalue weighted by molar-refractivity contribution is -0.137. The van der Waals surface area contributed by atoms with Crippen LogP contribution >= 0.6 is 0 Å². The zero-order valence-electron chi connectivity index (χ0n) is 14.4. The van der Waals surface area contributed by atoms with Crippen LogP contribution < -0.4 is 10.9 Å². The van der Waals surface area contributed by atoms with Gasteiger partial charge >= 0.3 is 5.97 Å². The Morgan fingerprint density at radius 2 is 1.79 bits per heavy atom. The number of aliphatic carboxylic acids is 1. The second-order valence-electron chi connectivity index (χ2n) is 5.97. The summed E-state index contributed by atoms with van der Waals surface area (Å²) in [5.74, 6) is -3.16. The van der Waals surface area contributed by atoms with Gasteiger partial charge in [-0.25, -0.2) is 13.5 Å². The minimum Gasteiger partial charge on any atom is -0.481 e. The Labute approximate surface area is 157 Å². The highest BCUT2D eigenvalue weighted by molar-refractivity contribution is 5.92. The van der Waals surface area contributed by atoms with Crippen molar-refractivity contribution in [3.8, 4) is 5.69 Å². The van der Waals surface area contributed by atoms with Crippen molar-refractivity contribution in [2.24, 2.45) is 0 Å². The fourth-order valence-electron chi connectivity index (χ4n) is 2.70. The van der Waals surface area contributed by atoms with Gasteiger partial charge in [0.05, 0.1) is 18.2 Å². The third kappa shape index (κ3) is 4.14. The molecule has 0 saturated heterocycles. The number of aromatic amines is 1. The molecule has 0 spiro atoms. The van der Waals surface area contributed by atoms with E-state index in [9.17, 15) is 23.2 Å².